The van der Waals surface area contributed by atoms with Gasteiger partial charge in [0.15, 0.2) is 0 Å². The van der Waals surface area contributed by atoms with E-state index >= 15 is 0 Å². The van der Waals surface area contributed by atoms with E-state index in [0.717, 1.165) is 19.8 Å². The third-order valence-corrected chi connectivity index (χ3v) is 0.845. The van der Waals surface area contributed by atoms with E-state index in [0.29, 0.717) is 0 Å². The van der Waals surface area contributed by atoms with Crippen LogP contribution in [0.4, 0.5) is 0 Å². The third kappa shape index (κ3) is 24.8. The highest BCUT2D eigenvalue weighted by Gasteiger charge is 1.72. The lowest BCUT2D eigenvalue weighted by Crippen LogP contribution is -2.12. The van der Waals surface area contributed by atoms with Crippen LogP contribution in [0.15, 0.2) is 0 Å². The minimum absolute atomic E-state index is 0.802. The fourth-order valence-electron chi connectivity index (χ4n) is 0.204. The van der Waals surface area contributed by atoms with Gasteiger partial charge in [-0.15, -0.1) is 0 Å². The molecule has 0 aliphatic carbocycles. The van der Waals surface area contributed by atoms with Crippen molar-refractivity contribution in [3.63, 3.8) is 0 Å². The number of hydrogen-bond donors (Lipinski definition) is 1. The quantitative estimate of drug-likeness (QED) is 0.591. The van der Waals surface area contributed by atoms with Crippen molar-refractivity contribution in [2.45, 2.75) is 6.92 Å². The van der Waals surface area contributed by atoms with Crippen LogP contribution in [0.3, 0.4) is 0 Å². The number of likely N-dealkylation sites (N-methyl/N-ethyl adjacent to an activating group) is 1. The summed E-state index contributed by atoms with van der Waals surface area (Å²) in [6, 6.07) is 0. The van der Waals surface area contributed by atoms with E-state index in [-0.39, 0.29) is 0 Å². The number of rotatable bonds is 4. The molecule has 0 spiro atoms. The molecule has 3 heteroatoms. The maximum atomic E-state index is 4.72. The summed E-state index contributed by atoms with van der Waals surface area (Å²) >= 11 is 0. The van der Waals surface area contributed by atoms with Crippen molar-refractivity contribution >= 4 is 0 Å². The molecule has 0 aliphatic heterocycles. The van der Waals surface area contributed by atoms with E-state index in [1.807, 2.05) is 14.0 Å². The van der Waals surface area contributed by atoms with Gasteiger partial charge < -0.3 is 14.8 Å². The van der Waals surface area contributed by atoms with Crippen molar-refractivity contribution in [2.75, 3.05) is 41.0 Å². The lowest BCUT2D eigenvalue weighted by molar-refractivity contribution is 0.201. The molecule has 0 amide bonds. The Balaban J connectivity index is 0. The minimum Gasteiger partial charge on any atom is -0.385 e. The lowest BCUT2D eigenvalue weighted by atomic mass is 10.7. The highest BCUT2D eigenvalue weighted by Crippen LogP contribution is 1.57. The van der Waals surface area contributed by atoms with Gasteiger partial charge in [-0.1, -0.05) is 0 Å². The summed E-state index contributed by atoms with van der Waals surface area (Å²) in [5.74, 6) is 0. The van der Waals surface area contributed by atoms with Gasteiger partial charge in [0.05, 0.1) is 6.61 Å². The Kier molecular flexibility index (Phi) is 20.0. The zero-order chi connectivity index (χ0) is 8.24. The molecule has 0 aromatic carbocycles. The highest BCUT2D eigenvalue weighted by molar-refractivity contribution is 4.30. The zero-order valence-corrected chi connectivity index (χ0v) is 7.44. The molecule has 0 saturated carbocycles. The molecule has 1 N–H and O–H groups in total. The molecule has 0 aliphatic rings. The van der Waals surface area contributed by atoms with E-state index in [4.69, 9.17) is 4.74 Å². The molecule has 64 valence electrons. The van der Waals surface area contributed by atoms with Gasteiger partial charge in [-0.3, -0.25) is 0 Å². The van der Waals surface area contributed by atoms with Gasteiger partial charge in [0.25, 0.3) is 0 Å². The van der Waals surface area contributed by atoms with Crippen LogP contribution in [0.5, 0.6) is 0 Å². The van der Waals surface area contributed by atoms with Crippen molar-refractivity contribution in [3.8, 4) is 0 Å². The van der Waals surface area contributed by atoms with E-state index in [9.17, 15) is 0 Å². The number of ether oxygens (including phenoxy) is 2. The summed E-state index contributed by atoms with van der Waals surface area (Å²) < 4.78 is 9.26. The summed E-state index contributed by atoms with van der Waals surface area (Å²) in [7, 11) is 5.27. The van der Waals surface area contributed by atoms with Gasteiger partial charge in [0.1, 0.15) is 0 Å². The maximum absolute atomic E-state index is 4.72. The van der Waals surface area contributed by atoms with Gasteiger partial charge in [0, 0.05) is 27.4 Å². The fraction of sp³-hybridized carbons (Fsp3) is 1.00. The van der Waals surface area contributed by atoms with Crippen LogP contribution >= 0.6 is 0 Å². The van der Waals surface area contributed by atoms with Gasteiger partial charge in [-0.05, 0) is 14.0 Å². The van der Waals surface area contributed by atoms with E-state index < -0.39 is 0 Å². The van der Waals surface area contributed by atoms with Crippen molar-refractivity contribution in [2.24, 2.45) is 0 Å². The average molecular weight is 149 g/mol. The Hall–Kier alpha value is -0.120. The molecular weight excluding hydrogens is 130 g/mol. The highest BCUT2D eigenvalue weighted by atomic mass is 16.5. The monoisotopic (exact) mass is 149 g/mol. The second kappa shape index (κ2) is 15.9. The molecule has 0 aromatic heterocycles. The molecule has 0 unspecified atom stereocenters. The van der Waals surface area contributed by atoms with Crippen LogP contribution < -0.4 is 5.32 Å². The zero-order valence-electron chi connectivity index (χ0n) is 7.44. The van der Waals surface area contributed by atoms with Crippen LogP contribution in [0.25, 0.3) is 0 Å². The Labute approximate surface area is 63.7 Å². The van der Waals surface area contributed by atoms with Gasteiger partial charge >= 0.3 is 0 Å². The summed E-state index contributed by atoms with van der Waals surface area (Å²) in [5.41, 5.74) is 0. The normalized spacial score (nSPS) is 8.40. The molecule has 0 heterocycles. The molecule has 0 radical (unpaired) electrons. The Morgan fingerprint density at radius 2 is 1.70 bits per heavy atom. The van der Waals surface area contributed by atoms with E-state index in [1.54, 1.807) is 14.2 Å². The number of hydrogen-bond acceptors (Lipinski definition) is 3. The standard InChI is InChI=1S/C4H11NO.C3H8O/c1-5-3-4-6-2;1-3-4-2/h5H,3-4H2,1-2H3;3H2,1-2H3. The second-order valence-corrected chi connectivity index (χ2v) is 1.67. The van der Waals surface area contributed by atoms with Gasteiger partial charge in [-0.2, -0.15) is 0 Å². The molecule has 0 saturated heterocycles. The summed E-state index contributed by atoms with van der Waals surface area (Å²) in [5, 5.41) is 2.94. The Morgan fingerprint density at radius 3 is 1.80 bits per heavy atom. The summed E-state index contributed by atoms with van der Waals surface area (Å²) in [6.07, 6.45) is 0. The summed E-state index contributed by atoms with van der Waals surface area (Å²) in [4.78, 5) is 0. The predicted octanol–water partition coefficient (Wildman–Crippen LogP) is 0.505. The van der Waals surface area contributed by atoms with Crippen molar-refractivity contribution in [3.05, 3.63) is 0 Å². The fourth-order valence-corrected chi connectivity index (χ4v) is 0.204. The molecule has 0 rings (SSSR count). The smallest absolute Gasteiger partial charge is 0.0587 e. The SMILES string of the molecule is CCOC.CNCCOC. The molecule has 0 aromatic rings. The maximum Gasteiger partial charge on any atom is 0.0587 e. The van der Waals surface area contributed by atoms with Gasteiger partial charge in [-0.25, -0.2) is 0 Å². The molecule has 3 nitrogen and oxygen atoms in total. The van der Waals surface area contributed by atoms with Gasteiger partial charge in [0.2, 0.25) is 0 Å². The third-order valence-electron chi connectivity index (χ3n) is 0.845. The predicted molar refractivity (Wildman–Crippen MR) is 43.4 cm³/mol. The second-order valence-electron chi connectivity index (χ2n) is 1.67. The molecular formula is C7H19NO2. The first-order chi connectivity index (χ1) is 4.83. The first kappa shape index (κ1) is 12.5. The van der Waals surface area contributed by atoms with Crippen molar-refractivity contribution in [1.29, 1.82) is 0 Å². The van der Waals surface area contributed by atoms with Crippen molar-refractivity contribution < 1.29 is 9.47 Å². The first-order valence-corrected chi connectivity index (χ1v) is 3.45. The van der Waals surface area contributed by atoms with E-state index in [1.165, 1.54) is 0 Å². The number of methoxy groups -OCH3 is 2. The lowest BCUT2D eigenvalue weighted by Gasteiger charge is -1.92. The Bertz CT molecular complexity index is 36.6. The van der Waals surface area contributed by atoms with Crippen molar-refractivity contribution in [1.82, 2.24) is 5.32 Å². The molecule has 0 atom stereocenters. The van der Waals surface area contributed by atoms with Crippen LogP contribution in [0.1, 0.15) is 6.92 Å². The van der Waals surface area contributed by atoms with E-state index in [2.05, 4.69) is 10.1 Å². The molecule has 0 bridgehead atoms. The number of nitrogens with one attached hydrogen (secondary N) is 1. The Morgan fingerprint density at radius 1 is 1.20 bits per heavy atom. The minimum atomic E-state index is 0.802. The largest absolute Gasteiger partial charge is 0.385 e. The first-order valence-electron chi connectivity index (χ1n) is 3.45. The topological polar surface area (TPSA) is 30.5 Å². The molecule has 0 fully saturated rings. The average Bonchev–Trinajstić information content (AvgIpc) is 2.01. The van der Waals surface area contributed by atoms with Crippen LogP contribution in [0, 0.1) is 0 Å². The molecule has 10 heavy (non-hydrogen) atoms. The van der Waals surface area contributed by atoms with Crippen LogP contribution in [0.2, 0.25) is 0 Å². The summed E-state index contributed by atoms with van der Waals surface area (Å²) in [6.45, 7) is 4.52. The van der Waals surface area contributed by atoms with Crippen LogP contribution in [-0.4, -0.2) is 41.0 Å². The van der Waals surface area contributed by atoms with Crippen LogP contribution in [-0.2, 0) is 9.47 Å².